The van der Waals surface area contributed by atoms with Gasteiger partial charge >= 0.3 is 17.9 Å². The lowest BCUT2D eigenvalue weighted by Gasteiger charge is -2.24. The van der Waals surface area contributed by atoms with E-state index < -0.39 is 54.0 Å². The van der Waals surface area contributed by atoms with Crippen LogP contribution in [0.1, 0.15) is 54.9 Å². The Morgan fingerprint density at radius 2 is 1.43 bits per heavy atom. The molecule has 0 unspecified atom stereocenters. The summed E-state index contributed by atoms with van der Waals surface area (Å²) in [7, 11) is 0. The molecule has 0 heterocycles. The highest BCUT2D eigenvalue weighted by atomic mass is 16.6. The molecule has 0 aliphatic carbocycles. The molecule has 28 heavy (non-hydrogen) atoms. The van der Waals surface area contributed by atoms with Crippen LogP contribution in [0.2, 0.25) is 0 Å². The summed E-state index contributed by atoms with van der Waals surface area (Å²) in [4.78, 5) is 47.9. The standard InChI is InChI=1S/C19H34N2O7/c1-9(2)8-13(27-19(26)14(20)10(3)4)16(22)21-12(7)18(25)28-15(11(5)6)17(23)24/h9-15H,8,20H2,1-7H3,(H,21,22)(H,23,24)/t12-,13-,14+,15+/m1/s1. The first-order valence-electron chi connectivity index (χ1n) is 9.47. The number of carboxylic acid groups (broad SMARTS) is 1. The molecule has 1 amide bonds. The van der Waals surface area contributed by atoms with E-state index in [9.17, 15) is 19.2 Å². The molecule has 0 aliphatic rings. The number of carbonyl (C=O) groups excluding carboxylic acids is 3. The molecule has 0 aromatic heterocycles. The van der Waals surface area contributed by atoms with Crippen molar-refractivity contribution in [3.8, 4) is 0 Å². The molecule has 0 saturated carbocycles. The van der Waals surface area contributed by atoms with Crippen LogP contribution in [0.15, 0.2) is 0 Å². The summed E-state index contributed by atoms with van der Waals surface area (Å²) in [5, 5.41) is 11.5. The van der Waals surface area contributed by atoms with Crippen LogP contribution in [0.25, 0.3) is 0 Å². The van der Waals surface area contributed by atoms with Gasteiger partial charge in [0.1, 0.15) is 12.1 Å². The van der Waals surface area contributed by atoms with Gasteiger partial charge in [0.2, 0.25) is 6.10 Å². The van der Waals surface area contributed by atoms with Crippen LogP contribution in [0.3, 0.4) is 0 Å². The van der Waals surface area contributed by atoms with E-state index in [-0.39, 0.29) is 18.3 Å². The van der Waals surface area contributed by atoms with Crippen molar-refractivity contribution in [1.29, 1.82) is 0 Å². The van der Waals surface area contributed by atoms with E-state index >= 15 is 0 Å². The third-order valence-corrected chi connectivity index (χ3v) is 4.03. The van der Waals surface area contributed by atoms with E-state index in [2.05, 4.69) is 5.32 Å². The van der Waals surface area contributed by atoms with Gasteiger partial charge in [-0.2, -0.15) is 0 Å². The summed E-state index contributed by atoms with van der Waals surface area (Å²) in [6.07, 6.45) is -2.19. The van der Waals surface area contributed by atoms with Crippen molar-refractivity contribution < 1.29 is 33.8 Å². The van der Waals surface area contributed by atoms with E-state index in [0.29, 0.717) is 0 Å². The predicted octanol–water partition coefficient (Wildman–Crippen LogP) is 1.08. The largest absolute Gasteiger partial charge is 0.478 e. The van der Waals surface area contributed by atoms with Gasteiger partial charge in [0.25, 0.3) is 5.91 Å². The van der Waals surface area contributed by atoms with Gasteiger partial charge in [0, 0.05) is 5.92 Å². The Labute approximate surface area is 166 Å². The maximum absolute atomic E-state index is 12.5. The lowest BCUT2D eigenvalue weighted by Crippen LogP contribution is -2.49. The molecular formula is C19H34N2O7. The first-order valence-corrected chi connectivity index (χ1v) is 9.47. The average molecular weight is 402 g/mol. The van der Waals surface area contributed by atoms with E-state index in [1.807, 2.05) is 13.8 Å². The van der Waals surface area contributed by atoms with Crippen LogP contribution in [-0.4, -0.2) is 53.2 Å². The molecule has 0 saturated heterocycles. The minimum atomic E-state index is -1.32. The zero-order chi connectivity index (χ0) is 22.2. The minimum absolute atomic E-state index is 0.0402. The number of nitrogens with two attached hydrogens (primary N) is 1. The van der Waals surface area contributed by atoms with Crippen molar-refractivity contribution >= 4 is 23.8 Å². The van der Waals surface area contributed by atoms with Crippen molar-refractivity contribution in [2.24, 2.45) is 23.5 Å². The molecule has 0 bridgehead atoms. The molecule has 9 nitrogen and oxygen atoms in total. The molecule has 0 aliphatic heterocycles. The molecule has 0 fully saturated rings. The number of aliphatic carboxylic acids is 1. The van der Waals surface area contributed by atoms with Gasteiger partial charge in [0.05, 0.1) is 0 Å². The third-order valence-electron chi connectivity index (χ3n) is 4.03. The number of nitrogens with one attached hydrogen (secondary N) is 1. The lowest BCUT2D eigenvalue weighted by molar-refractivity contribution is -0.169. The Hall–Kier alpha value is -2.16. The first-order chi connectivity index (χ1) is 12.8. The number of rotatable bonds is 11. The molecular weight excluding hydrogens is 368 g/mol. The quantitative estimate of drug-likeness (QED) is 0.435. The number of esters is 2. The second-order valence-corrected chi connectivity index (χ2v) is 7.99. The molecule has 4 N–H and O–H groups in total. The summed E-state index contributed by atoms with van der Waals surface area (Å²) in [6, 6.07) is -1.98. The fourth-order valence-corrected chi connectivity index (χ4v) is 2.19. The summed E-state index contributed by atoms with van der Waals surface area (Å²) in [6.45, 7) is 11.8. The predicted molar refractivity (Wildman–Crippen MR) is 102 cm³/mol. The van der Waals surface area contributed by atoms with E-state index in [1.165, 1.54) is 6.92 Å². The van der Waals surface area contributed by atoms with Crippen molar-refractivity contribution in [3.63, 3.8) is 0 Å². The number of ether oxygens (including phenoxy) is 2. The van der Waals surface area contributed by atoms with Gasteiger partial charge in [-0.05, 0) is 25.2 Å². The van der Waals surface area contributed by atoms with Crippen LogP contribution in [-0.2, 0) is 28.7 Å². The Balaban J connectivity index is 5.07. The van der Waals surface area contributed by atoms with Crippen molar-refractivity contribution in [2.45, 2.75) is 79.2 Å². The number of amides is 1. The van der Waals surface area contributed by atoms with E-state index in [0.717, 1.165) is 0 Å². The lowest BCUT2D eigenvalue weighted by atomic mass is 10.0. The molecule has 0 radical (unpaired) electrons. The fraction of sp³-hybridized carbons (Fsp3) is 0.789. The Morgan fingerprint density at radius 1 is 0.893 bits per heavy atom. The van der Waals surface area contributed by atoms with Crippen LogP contribution >= 0.6 is 0 Å². The van der Waals surface area contributed by atoms with Crippen molar-refractivity contribution in [1.82, 2.24) is 5.32 Å². The summed E-state index contributed by atoms with van der Waals surface area (Å²) >= 11 is 0. The molecule has 162 valence electrons. The van der Waals surface area contributed by atoms with Gasteiger partial charge in [-0.1, -0.05) is 41.5 Å². The van der Waals surface area contributed by atoms with Crippen molar-refractivity contribution in [2.75, 3.05) is 0 Å². The van der Waals surface area contributed by atoms with Crippen LogP contribution in [0.4, 0.5) is 0 Å². The maximum atomic E-state index is 12.5. The molecule has 0 aromatic rings. The smallest absolute Gasteiger partial charge is 0.345 e. The second-order valence-electron chi connectivity index (χ2n) is 7.99. The van der Waals surface area contributed by atoms with Gasteiger partial charge in [-0.25, -0.2) is 9.59 Å². The molecule has 4 atom stereocenters. The summed E-state index contributed by atoms with van der Waals surface area (Å²) in [5.41, 5.74) is 5.76. The molecule has 9 heteroatoms. The SMILES string of the molecule is CC(C)C[C@@H](OC(=O)[C@@H](N)C(C)C)C(=O)N[C@H](C)C(=O)O[C@H](C(=O)O)C(C)C. The van der Waals surface area contributed by atoms with Crippen LogP contribution in [0, 0.1) is 17.8 Å². The van der Waals surface area contributed by atoms with Gasteiger partial charge in [-0.3, -0.25) is 9.59 Å². The van der Waals surface area contributed by atoms with Crippen LogP contribution in [0.5, 0.6) is 0 Å². The number of carboxylic acids is 1. The normalized spacial score (nSPS) is 15.7. The third kappa shape index (κ3) is 8.69. The Kier molecular flexibility index (Phi) is 10.7. The zero-order valence-corrected chi connectivity index (χ0v) is 17.7. The second kappa shape index (κ2) is 11.6. The van der Waals surface area contributed by atoms with E-state index in [4.69, 9.17) is 20.3 Å². The number of hydrogen-bond acceptors (Lipinski definition) is 7. The summed E-state index contributed by atoms with van der Waals surface area (Å²) < 4.78 is 10.2. The van der Waals surface area contributed by atoms with E-state index in [1.54, 1.807) is 27.7 Å². The van der Waals surface area contributed by atoms with Gasteiger partial charge in [0.15, 0.2) is 6.10 Å². The fourth-order valence-electron chi connectivity index (χ4n) is 2.19. The molecule has 0 aromatic carbocycles. The Morgan fingerprint density at radius 3 is 1.82 bits per heavy atom. The number of carbonyl (C=O) groups is 4. The van der Waals surface area contributed by atoms with Crippen molar-refractivity contribution in [3.05, 3.63) is 0 Å². The zero-order valence-electron chi connectivity index (χ0n) is 17.7. The average Bonchev–Trinajstić information content (AvgIpc) is 2.56. The monoisotopic (exact) mass is 402 g/mol. The maximum Gasteiger partial charge on any atom is 0.345 e. The first kappa shape index (κ1) is 25.8. The topological polar surface area (TPSA) is 145 Å². The minimum Gasteiger partial charge on any atom is -0.478 e. The van der Waals surface area contributed by atoms with Gasteiger partial charge < -0.3 is 25.6 Å². The molecule has 0 spiro atoms. The van der Waals surface area contributed by atoms with Crippen LogP contribution < -0.4 is 11.1 Å². The summed E-state index contributed by atoms with van der Waals surface area (Å²) in [5.74, 6) is -4.07. The number of hydrogen-bond donors (Lipinski definition) is 3. The highest BCUT2D eigenvalue weighted by Gasteiger charge is 2.32. The highest BCUT2D eigenvalue weighted by Crippen LogP contribution is 2.13. The van der Waals surface area contributed by atoms with Gasteiger partial charge in [-0.15, -0.1) is 0 Å². The molecule has 0 rings (SSSR count). The Bertz CT molecular complexity index is 560. The highest BCUT2D eigenvalue weighted by molar-refractivity contribution is 5.89.